The normalized spacial score (nSPS) is 17.7. The highest BCUT2D eigenvalue weighted by molar-refractivity contribution is 7.09. The number of ether oxygens (including phenoxy) is 2. The summed E-state index contributed by atoms with van der Waals surface area (Å²) in [6.45, 7) is 0.688. The lowest BCUT2D eigenvalue weighted by atomic mass is 10.1. The molecule has 1 fully saturated rings. The lowest BCUT2D eigenvalue weighted by Crippen LogP contribution is -2.37. The highest BCUT2D eigenvalue weighted by atomic mass is 32.1. The number of rotatable bonds is 7. The van der Waals surface area contributed by atoms with Crippen molar-refractivity contribution in [1.82, 2.24) is 20.5 Å². The Kier molecular flexibility index (Phi) is 5.11. The van der Waals surface area contributed by atoms with Crippen molar-refractivity contribution in [2.24, 2.45) is 0 Å². The Bertz CT molecular complexity index is 901. The molecule has 28 heavy (non-hydrogen) atoms. The minimum atomic E-state index is -0.860. The van der Waals surface area contributed by atoms with Gasteiger partial charge in [0.25, 0.3) is 5.91 Å². The third-order valence-corrected chi connectivity index (χ3v) is 5.26. The van der Waals surface area contributed by atoms with E-state index < -0.39 is 18.0 Å². The van der Waals surface area contributed by atoms with Gasteiger partial charge < -0.3 is 20.1 Å². The van der Waals surface area contributed by atoms with Crippen LogP contribution < -0.4 is 20.1 Å². The Labute approximate surface area is 164 Å². The van der Waals surface area contributed by atoms with Crippen LogP contribution in [-0.4, -0.2) is 47.1 Å². The summed E-state index contributed by atoms with van der Waals surface area (Å²) in [5, 5.41) is 8.13. The standard InChI is InChI=1S/C18H18N4O5S/c23-15(19-4-3-16-20-5-6-28-16)8-12-17(24)22(18(25)21-12)9-11-1-2-13-14(7-11)27-10-26-13/h1-2,5-7,12H,3-4,8-10H2,(H,19,23)(H,21,25). The summed E-state index contributed by atoms with van der Waals surface area (Å²) in [5.41, 5.74) is 0.737. The summed E-state index contributed by atoms with van der Waals surface area (Å²) in [6, 6.07) is 3.88. The van der Waals surface area contributed by atoms with Gasteiger partial charge in [0.2, 0.25) is 12.7 Å². The van der Waals surface area contributed by atoms with Gasteiger partial charge in [-0.2, -0.15) is 0 Å². The van der Waals surface area contributed by atoms with Gasteiger partial charge in [0.15, 0.2) is 11.5 Å². The highest BCUT2D eigenvalue weighted by Crippen LogP contribution is 2.33. The molecule has 2 aromatic rings. The fourth-order valence-corrected chi connectivity index (χ4v) is 3.65. The van der Waals surface area contributed by atoms with Gasteiger partial charge in [-0.1, -0.05) is 6.07 Å². The molecule has 4 rings (SSSR count). The SMILES string of the molecule is O=C(CC1NC(=O)N(Cc2ccc3c(c2)OCO3)C1=O)NCCc1nccs1. The molecule has 2 N–H and O–H groups in total. The van der Waals surface area contributed by atoms with Gasteiger partial charge in [-0.15, -0.1) is 11.3 Å². The number of thiazole rings is 1. The molecule has 1 atom stereocenters. The Balaban J connectivity index is 1.30. The van der Waals surface area contributed by atoms with Crippen LogP contribution in [0.4, 0.5) is 4.79 Å². The molecule has 2 aliphatic heterocycles. The lowest BCUT2D eigenvalue weighted by Gasteiger charge is -2.13. The van der Waals surface area contributed by atoms with E-state index in [9.17, 15) is 14.4 Å². The van der Waals surface area contributed by atoms with Crippen LogP contribution in [0, 0.1) is 0 Å². The van der Waals surface area contributed by atoms with E-state index in [1.54, 1.807) is 24.4 Å². The maximum Gasteiger partial charge on any atom is 0.325 e. The zero-order valence-electron chi connectivity index (χ0n) is 14.8. The second kappa shape index (κ2) is 7.85. The molecule has 0 radical (unpaired) electrons. The second-order valence-electron chi connectivity index (χ2n) is 6.34. The molecule has 1 aromatic heterocycles. The quantitative estimate of drug-likeness (QED) is 0.670. The molecule has 2 aliphatic rings. The second-order valence-corrected chi connectivity index (χ2v) is 7.32. The predicted molar refractivity (Wildman–Crippen MR) is 98.9 cm³/mol. The number of hydrogen-bond donors (Lipinski definition) is 2. The molecule has 3 heterocycles. The summed E-state index contributed by atoms with van der Waals surface area (Å²) in [6.07, 6.45) is 2.24. The Morgan fingerprint density at radius 3 is 3.00 bits per heavy atom. The average molecular weight is 402 g/mol. The number of urea groups is 1. The molecule has 146 valence electrons. The first-order valence-electron chi connectivity index (χ1n) is 8.75. The van der Waals surface area contributed by atoms with Crippen molar-refractivity contribution < 1.29 is 23.9 Å². The topological polar surface area (TPSA) is 110 Å². The van der Waals surface area contributed by atoms with Crippen molar-refractivity contribution >= 4 is 29.2 Å². The van der Waals surface area contributed by atoms with Gasteiger partial charge in [0.05, 0.1) is 18.0 Å². The summed E-state index contributed by atoms with van der Waals surface area (Å²) in [4.78, 5) is 42.1. The Morgan fingerprint density at radius 2 is 2.18 bits per heavy atom. The van der Waals surface area contributed by atoms with Crippen molar-refractivity contribution in [3.63, 3.8) is 0 Å². The number of hydrogen-bond acceptors (Lipinski definition) is 7. The zero-order chi connectivity index (χ0) is 19.5. The van der Waals surface area contributed by atoms with E-state index >= 15 is 0 Å². The number of nitrogens with zero attached hydrogens (tertiary/aromatic N) is 2. The third-order valence-electron chi connectivity index (χ3n) is 4.42. The van der Waals surface area contributed by atoms with E-state index in [1.165, 1.54) is 11.3 Å². The monoisotopic (exact) mass is 402 g/mol. The Morgan fingerprint density at radius 1 is 1.32 bits per heavy atom. The van der Waals surface area contributed by atoms with Gasteiger partial charge >= 0.3 is 6.03 Å². The van der Waals surface area contributed by atoms with Crippen molar-refractivity contribution in [2.75, 3.05) is 13.3 Å². The smallest absolute Gasteiger partial charge is 0.325 e. The van der Waals surface area contributed by atoms with Gasteiger partial charge in [-0.05, 0) is 17.7 Å². The van der Waals surface area contributed by atoms with Crippen LogP contribution in [0.25, 0.3) is 0 Å². The minimum Gasteiger partial charge on any atom is -0.454 e. The van der Waals surface area contributed by atoms with Gasteiger partial charge in [-0.3, -0.25) is 14.5 Å². The molecule has 0 aliphatic carbocycles. The number of nitrogens with one attached hydrogen (secondary N) is 2. The number of carbonyl (C=O) groups is 3. The molecule has 0 saturated carbocycles. The molecular weight excluding hydrogens is 384 g/mol. The molecule has 10 heteroatoms. The summed E-state index contributed by atoms with van der Waals surface area (Å²) in [5.74, 6) is 0.506. The van der Waals surface area contributed by atoms with Gasteiger partial charge in [-0.25, -0.2) is 9.78 Å². The number of benzene rings is 1. The van der Waals surface area contributed by atoms with Crippen molar-refractivity contribution in [3.05, 3.63) is 40.3 Å². The third kappa shape index (κ3) is 3.91. The van der Waals surface area contributed by atoms with Gasteiger partial charge in [0, 0.05) is 24.5 Å². The minimum absolute atomic E-state index is 0.0971. The van der Waals surface area contributed by atoms with E-state index in [0.717, 1.165) is 15.5 Å². The zero-order valence-corrected chi connectivity index (χ0v) is 15.7. The number of imide groups is 1. The first kappa shape index (κ1) is 18.2. The molecule has 0 bridgehead atoms. The molecular formula is C18H18N4O5S. The first-order chi connectivity index (χ1) is 13.6. The Hall–Kier alpha value is -3.14. The van der Waals surface area contributed by atoms with Crippen molar-refractivity contribution in [2.45, 2.75) is 25.4 Å². The summed E-state index contributed by atoms with van der Waals surface area (Å²) in [7, 11) is 0. The van der Waals surface area contributed by atoms with Crippen LogP contribution in [0.1, 0.15) is 17.0 Å². The van der Waals surface area contributed by atoms with Gasteiger partial charge in [0.1, 0.15) is 6.04 Å². The maximum absolute atomic E-state index is 12.5. The van der Waals surface area contributed by atoms with E-state index in [4.69, 9.17) is 9.47 Å². The van der Waals surface area contributed by atoms with E-state index in [0.29, 0.717) is 24.5 Å². The van der Waals surface area contributed by atoms with Crippen LogP contribution in [0.5, 0.6) is 11.5 Å². The molecule has 9 nitrogen and oxygen atoms in total. The molecule has 0 spiro atoms. The maximum atomic E-state index is 12.5. The predicted octanol–water partition coefficient (Wildman–Crippen LogP) is 1.04. The number of carbonyl (C=O) groups excluding carboxylic acids is 3. The van der Waals surface area contributed by atoms with Crippen LogP contribution in [-0.2, 0) is 22.6 Å². The number of fused-ring (bicyclic) bond motifs is 1. The highest BCUT2D eigenvalue weighted by Gasteiger charge is 2.39. The molecule has 1 unspecified atom stereocenters. The summed E-state index contributed by atoms with van der Waals surface area (Å²) < 4.78 is 10.6. The van der Waals surface area contributed by atoms with Crippen molar-refractivity contribution in [3.8, 4) is 11.5 Å². The summed E-state index contributed by atoms with van der Waals surface area (Å²) >= 11 is 1.52. The number of aromatic nitrogens is 1. The van der Waals surface area contributed by atoms with Crippen LogP contribution in [0.3, 0.4) is 0 Å². The molecule has 1 saturated heterocycles. The van der Waals surface area contributed by atoms with Crippen LogP contribution in [0.2, 0.25) is 0 Å². The van der Waals surface area contributed by atoms with Crippen molar-refractivity contribution in [1.29, 1.82) is 0 Å². The molecule has 4 amide bonds. The van der Waals surface area contributed by atoms with E-state index in [-0.39, 0.29) is 25.7 Å². The van der Waals surface area contributed by atoms with Crippen LogP contribution in [0.15, 0.2) is 29.8 Å². The van der Waals surface area contributed by atoms with E-state index in [2.05, 4.69) is 15.6 Å². The average Bonchev–Trinajstić information content (AvgIpc) is 3.40. The first-order valence-corrected chi connectivity index (χ1v) is 9.63. The fraction of sp³-hybridized carbons (Fsp3) is 0.333. The largest absolute Gasteiger partial charge is 0.454 e. The number of amides is 4. The van der Waals surface area contributed by atoms with Crippen LogP contribution >= 0.6 is 11.3 Å². The molecule has 1 aromatic carbocycles. The lowest BCUT2D eigenvalue weighted by molar-refractivity contribution is -0.131. The fourth-order valence-electron chi connectivity index (χ4n) is 3.03. The van der Waals surface area contributed by atoms with E-state index in [1.807, 2.05) is 5.38 Å².